The number of aromatic nitrogens is 4. The molecule has 1 aromatic carbocycles. The number of anilines is 1. The summed E-state index contributed by atoms with van der Waals surface area (Å²) in [7, 11) is 0. The molecule has 0 N–H and O–H groups in total. The van der Waals surface area contributed by atoms with Crippen molar-refractivity contribution in [2.45, 2.75) is 38.1 Å². The maximum absolute atomic E-state index is 14.7. The normalized spacial score (nSPS) is 22.5. The first-order valence-electron chi connectivity index (χ1n) is 10.5. The summed E-state index contributed by atoms with van der Waals surface area (Å²) in [5.74, 6) is 1.26. The Balaban J connectivity index is 1.44. The smallest absolute Gasteiger partial charge is 0.166 e. The highest BCUT2D eigenvalue weighted by Gasteiger charge is 2.64. The molecule has 1 aliphatic heterocycles. The van der Waals surface area contributed by atoms with Gasteiger partial charge in [0.05, 0.1) is 17.3 Å². The molecule has 4 aromatic rings. The van der Waals surface area contributed by atoms with Crippen molar-refractivity contribution >= 4 is 11.5 Å². The molecule has 8 heteroatoms. The molecule has 1 aliphatic carbocycles. The van der Waals surface area contributed by atoms with Crippen molar-refractivity contribution in [3.05, 3.63) is 65.7 Å². The Morgan fingerprint density at radius 2 is 2.06 bits per heavy atom. The van der Waals surface area contributed by atoms with Crippen molar-refractivity contribution in [2.75, 3.05) is 11.4 Å². The van der Waals surface area contributed by atoms with E-state index in [1.807, 2.05) is 32.2 Å². The van der Waals surface area contributed by atoms with Crippen LogP contribution in [0.2, 0.25) is 0 Å². The lowest BCUT2D eigenvalue weighted by Crippen LogP contribution is -2.34. The van der Waals surface area contributed by atoms with E-state index < -0.39 is 11.4 Å². The monoisotopic (exact) mass is 421 g/mol. The van der Waals surface area contributed by atoms with Crippen LogP contribution in [0.1, 0.15) is 43.9 Å². The predicted molar refractivity (Wildman–Crippen MR) is 111 cm³/mol. The van der Waals surface area contributed by atoms with Crippen molar-refractivity contribution in [3.8, 4) is 11.3 Å². The predicted octanol–water partition coefficient (Wildman–Crippen LogP) is 4.91. The first-order chi connectivity index (χ1) is 15.0. The molecular formula is C23H21F2N5O. The van der Waals surface area contributed by atoms with Crippen LogP contribution in [-0.4, -0.2) is 26.3 Å². The third kappa shape index (κ3) is 2.63. The molecule has 4 heterocycles. The molecule has 2 fully saturated rings. The number of hydrogen-bond acceptors (Lipinski definition) is 5. The van der Waals surface area contributed by atoms with Gasteiger partial charge in [-0.15, -0.1) is 0 Å². The molecule has 1 saturated carbocycles. The Morgan fingerprint density at radius 3 is 2.84 bits per heavy atom. The SMILES string of the molecule is CC(C)c1cc(-c2cnn3ccc(N4CC[C@H]5C[C@]54c4cc(F)ccc4F)nc23)no1. The lowest BCUT2D eigenvalue weighted by molar-refractivity contribution is 0.373. The molecule has 6 rings (SSSR count). The van der Waals surface area contributed by atoms with E-state index in [1.54, 1.807) is 10.7 Å². The fraction of sp³-hybridized carbons (Fsp3) is 0.348. The molecule has 0 unspecified atom stereocenters. The molecule has 0 spiro atoms. The third-order valence-electron chi connectivity index (χ3n) is 6.65. The van der Waals surface area contributed by atoms with Crippen molar-refractivity contribution in [1.82, 2.24) is 19.8 Å². The fourth-order valence-corrected chi connectivity index (χ4v) is 4.97. The maximum atomic E-state index is 14.7. The summed E-state index contributed by atoms with van der Waals surface area (Å²) in [6, 6.07) is 7.50. The lowest BCUT2D eigenvalue weighted by Gasteiger charge is -2.30. The van der Waals surface area contributed by atoms with Crippen LogP contribution < -0.4 is 4.90 Å². The van der Waals surface area contributed by atoms with Crippen LogP contribution in [0.4, 0.5) is 14.6 Å². The summed E-state index contributed by atoms with van der Waals surface area (Å²) >= 11 is 0. The van der Waals surface area contributed by atoms with Gasteiger partial charge in [-0.2, -0.15) is 5.10 Å². The molecule has 3 aromatic heterocycles. The van der Waals surface area contributed by atoms with Gasteiger partial charge in [-0.05, 0) is 43.0 Å². The second-order valence-corrected chi connectivity index (χ2v) is 8.77. The molecule has 158 valence electrons. The van der Waals surface area contributed by atoms with E-state index in [2.05, 4.69) is 15.2 Å². The van der Waals surface area contributed by atoms with E-state index in [0.29, 0.717) is 22.8 Å². The van der Waals surface area contributed by atoms with Crippen LogP contribution in [0.5, 0.6) is 0 Å². The highest BCUT2D eigenvalue weighted by molar-refractivity contribution is 5.75. The zero-order valence-corrected chi connectivity index (χ0v) is 17.2. The molecule has 31 heavy (non-hydrogen) atoms. The van der Waals surface area contributed by atoms with Gasteiger partial charge in [-0.1, -0.05) is 19.0 Å². The number of benzene rings is 1. The van der Waals surface area contributed by atoms with Crippen LogP contribution in [0, 0.1) is 17.6 Å². The van der Waals surface area contributed by atoms with Crippen LogP contribution in [0.25, 0.3) is 16.9 Å². The van der Waals surface area contributed by atoms with Gasteiger partial charge in [0.15, 0.2) is 5.65 Å². The lowest BCUT2D eigenvalue weighted by atomic mass is 10.0. The van der Waals surface area contributed by atoms with Crippen molar-refractivity contribution in [3.63, 3.8) is 0 Å². The minimum Gasteiger partial charge on any atom is -0.361 e. The molecular weight excluding hydrogens is 400 g/mol. The van der Waals surface area contributed by atoms with E-state index in [0.717, 1.165) is 36.5 Å². The fourth-order valence-electron chi connectivity index (χ4n) is 4.97. The van der Waals surface area contributed by atoms with Gasteiger partial charge in [-0.3, -0.25) is 0 Å². The van der Waals surface area contributed by atoms with Gasteiger partial charge in [0.2, 0.25) is 0 Å². The van der Waals surface area contributed by atoms with E-state index in [1.165, 1.54) is 18.2 Å². The van der Waals surface area contributed by atoms with Gasteiger partial charge in [0.1, 0.15) is 28.9 Å². The van der Waals surface area contributed by atoms with Crippen LogP contribution >= 0.6 is 0 Å². The van der Waals surface area contributed by atoms with E-state index in [9.17, 15) is 8.78 Å². The minimum atomic E-state index is -0.531. The quantitative estimate of drug-likeness (QED) is 0.469. The summed E-state index contributed by atoms with van der Waals surface area (Å²) < 4.78 is 35.8. The summed E-state index contributed by atoms with van der Waals surface area (Å²) in [5, 5.41) is 8.58. The highest BCUT2D eigenvalue weighted by Crippen LogP contribution is 2.63. The van der Waals surface area contributed by atoms with Gasteiger partial charge in [-0.25, -0.2) is 18.3 Å². The largest absolute Gasteiger partial charge is 0.361 e. The molecule has 0 amide bonds. The summed E-state index contributed by atoms with van der Waals surface area (Å²) in [5.41, 5.74) is 2.00. The van der Waals surface area contributed by atoms with E-state index >= 15 is 0 Å². The van der Waals surface area contributed by atoms with E-state index in [4.69, 9.17) is 9.51 Å². The number of piperidine rings is 1. The second-order valence-electron chi connectivity index (χ2n) is 8.77. The average Bonchev–Trinajstić information content (AvgIpc) is 3.13. The van der Waals surface area contributed by atoms with Crippen molar-refractivity contribution in [1.29, 1.82) is 0 Å². The number of nitrogens with zero attached hydrogens (tertiary/aromatic N) is 5. The zero-order valence-electron chi connectivity index (χ0n) is 17.2. The number of fused-ring (bicyclic) bond motifs is 2. The summed E-state index contributed by atoms with van der Waals surface area (Å²) in [6.45, 7) is 4.83. The van der Waals surface area contributed by atoms with Crippen molar-refractivity contribution < 1.29 is 13.3 Å². The standard InChI is InChI=1S/C23H21F2N5O/c1-13(2)20-10-19(28-31-20)16-12-26-30-8-6-21(27-22(16)30)29-7-5-14-11-23(14,29)17-9-15(24)3-4-18(17)25/h3-4,6,8-10,12-14H,5,7,11H2,1-2H3/t14-,23+/m0/s1. The van der Waals surface area contributed by atoms with Gasteiger partial charge in [0.25, 0.3) is 0 Å². The van der Waals surface area contributed by atoms with Crippen molar-refractivity contribution in [2.24, 2.45) is 5.92 Å². The minimum absolute atomic E-state index is 0.226. The summed E-state index contributed by atoms with van der Waals surface area (Å²) in [6.07, 6.45) is 5.29. The number of hydrogen-bond donors (Lipinski definition) is 0. The molecule has 2 atom stereocenters. The number of rotatable bonds is 4. The van der Waals surface area contributed by atoms with E-state index in [-0.39, 0.29) is 11.7 Å². The second kappa shape index (κ2) is 6.35. The Kier molecular flexibility index (Phi) is 3.79. The molecule has 0 radical (unpaired) electrons. The Bertz CT molecular complexity index is 1310. The topological polar surface area (TPSA) is 59.5 Å². The average molecular weight is 421 g/mol. The highest BCUT2D eigenvalue weighted by atomic mass is 19.1. The molecule has 6 nitrogen and oxygen atoms in total. The first kappa shape index (κ1) is 18.5. The first-order valence-corrected chi connectivity index (χ1v) is 10.5. The third-order valence-corrected chi connectivity index (χ3v) is 6.65. The number of halogens is 2. The van der Waals surface area contributed by atoms with Crippen LogP contribution in [-0.2, 0) is 5.54 Å². The Labute approximate surface area is 177 Å². The Morgan fingerprint density at radius 1 is 1.19 bits per heavy atom. The molecule has 2 aliphatic rings. The molecule has 0 bridgehead atoms. The van der Waals surface area contributed by atoms with Crippen LogP contribution in [0.15, 0.2) is 47.2 Å². The van der Waals surface area contributed by atoms with Crippen LogP contribution in [0.3, 0.4) is 0 Å². The summed E-state index contributed by atoms with van der Waals surface area (Å²) in [4.78, 5) is 7.00. The maximum Gasteiger partial charge on any atom is 0.166 e. The zero-order chi connectivity index (χ0) is 21.3. The van der Waals surface area contributed by atoms with Gasteiger partial charge in [0, 0.05) is 30.3 Å². The Hall–Kier alpha value is -3.29. The van der Waals surface area contributed by atoms with Gasteiger partial charge < -0.3 is 9.42 Å². The van der Waals surface area contributed by atoms with Gasteiger partial charge >= 0.3 is 0 Å². The molecule has 1 saturated heterocycles.